The SMILES string of the molecule is CCN1c2ccccc2N(C2CCN(C3CC4CCC3C4)CC2)C1NC#N. The van der Waals surface area contributed by atoms with E-state index in [1.807, 2.05) is 0 Å². The molecule has 1 aromatic carbocycles. The number of rotatable bonds is 4. The number of hydrogen-bond acceptors (Lipinski definition) is 5. The van der Waals surface area contributed by atoms with E-state index in [-0.39, 0.29) is 6.29 Å². The van der Waals surface area contributed by atoms with Crippen molar-refractivity contribution in [3.05, 3.63) is 24.3 Å². The van der Waals surface area contributed by atoms with Crippen molar-refractivity contribution in [3.63, 3.8) is 0 Å². The van der Waals surface area contributed by atoms with Crippen LogP contribution in [-0.2, 0) is 0 Å². The summed E-state index contributed by atoms with van der Waals surface area (Å²) < 4.78 is 0. The van der Waals surface area contributed by atoms with Gasteiger partial charge in [0, 0.05) is 31.7 Å². The molecule has 0 radical (unpaired) electrons. The first-order valence-electron chi connectivity index (χ1n) is 10.8. The van der Waals surface area contributed by atoms with Gasteiger partial charge in [0.1, 0.15) is 0 Å². The van der Waals surface area contributed by atoms with E-state index in [9.17, 15) is 5.26 Å². The van der Waals surface area contributed by atoms with E-state index in [0.717, 1.165) is 24.4 Å². The number of likely N-dealkylation sites (tertiary alicyclic amines) is 1. The molecule has 2 aliphatic heterocycles. The number of para-hydroxylation sites is 2. The fourth-order valence-electron chi connectivity index (χ4n) is 6.44. The van der Waals surface area contributed by atoms with Crippen molar-refractivity contribution in [1.82, 2.24) is 10.2 Å². The van der Waals surface area contributed by atoms with Gasteiger partial charge in [-0.2, -0.15) is 5.26 Å². The molecule has 5 heteroatoms. The molecule has 3 fully saturated rings. The van der Waals surface area contributed by atoms with Gasteiger partial charge in [0.05, 0.1) is 11.4 Å². The van der Waals surface area contributed by atoms with Crippen LogP contribution in [0.2, 0.25) is 0 Å². The van der Waals surface area contributed by atoms with Crippen LogP contribution in [-0.4, -0.2) is 42.9 Å². The fourth-order valence-corrected chi connectivity index (χ4v) is 6.44. The minimum atomic E-state index is -0.0450. The predicted octanol–water partition coefficient (Wildman–Crippen LogP) is 3.34. The number of fused-ring (bicyclic) bond motifs is 3. The van der Waals surface area contributed by atoms with E-state index < -0.39 is 0 Å². The molecular weight excluding hydrogens is 334 g/mol. The number of anilines is 2. The Labute approximate surface area is 162 Å². The van der Waals surface area contributed by atoms with Gasteiger partial charge in [-0.25, -0.2) is 0 Å². The zero-order valence-corrected chi connectivity index (χ0v) is 16.3. The van der Waals surface area contributed by atoms with Crippen LogP contribution in [0.1, 0.15) is 45.4 Å². The van der Waals surface area contributed by atoms with E-state index in [1.165, 1.54) is 63.0 Å². The molecule has 4 unspecified atom stereocenters. The summed E-state index contributed by atoms with van der Waals surface area (Å²) in [7, 11) is 0. The zero-order valence-electron chi connectivity index (χ0n) is 16.3. The first-order valence-corrected chi connectivity index (χ1v) is 10.8. The van der Waals surface area contributed by atoms with E-state index >= 15 is 0 Å². The zero-order chi connectivity index (χ0) is 18.4. The Morgan fingerprint density at radius 1 is 1.07 bits per heavy atom. The summed E-state index contributed by atoms with van der Waals surface area (Å²) in [4.78, 5) is 7.60. The van der Waals surface area contributed by atoms with Crippen molar-refractivity contribution in [2.45, 2.75) is 63.8 Å². The Hall–Kier alpha value is -1.93. The van der Waals surface area contributed by atoms with Gasteiger partial charge in [0.15, 0.2) is 12.5 Å². The molecule has 1 saturated heterocycles. The van der Waals surface area contributed by atoms with Gasteiger partial charge >= 0.3 is 0 Å². The molecule has 2 bridgehead atoms. The lowest BCUT2D eigenvalue weighted by Crippen LogP contribution is -2.58. The van der Waals surface area contributed by atoms with Crippen molar-refractivity contribution >= 4 is 11.4 Å². The Morgan fingerprint density at radius 3 is 2.48 bits per heavy atom. The fraction of sp³-hybridized carbons (Fsp3) is 0.682. The second-order valence-corrected chi connectivity index (χ2v) is 8.82. The summed E-state index contributed by atoms with van der Waals surface area (Å²) in [6, 6.07) is 10.00. The maximum atomic E-state index is 9.36. The summed E-state index contributed by atoms with van der Waals surface area (Å²) in [5.74, 6) is 1.99. The molecular formula is C22H31N5. The third-order valence-electron chi connectivity index (χ3n) is 7.62. The van der Waals surface area contributed by atoms with Gasteiger partial charge in [-0.15, -0.1) is 0 Å². The van der Waals surface area contributed by atoms with Crippen LogP contribution in [0.5, 0.6) is 0 Å². The van der Waals surface area contributed by atoms with Gasteiger partial charge < -0.3 is 9.80 Å². The average molecular weight is 366 g/mol. The number of nitriles is 1. The van der Waals surface area contributed by atoms with Gasteiger partial charge in [-0.3, -0.25) is 10.2 Å². The van der Waals surface area contributed by atoms with Crippen LogP contribution in [0.25, 0.3) is 0 Å². The van der Waals surface area contributed by atoms with Crippen LogP contribution in [0.3, 0.4) is 0 Å². The van der Waals surface area contributed by atoms with Gasteiger partial charge in [0.2, 0.25) is 0 Å². The van der Waals surface area contributed by atoms with Gasteiger partial charge in [-0.05, 0) is 63.0 Å². The van der Waals surface area contributed by atoms with Gasteiger partial charge in [-0.1, -0.05) is 18.6 Å². The van der Waals surface area contributed by atoms with Crippen molar-refractivity contribution in [3.8, 4) is 6.19 Å². The minimum absolute atomic E-state index is 0.0450. The molecule has 0 spiro atoms. The molecule has 0 aromatic heterocycles. The molecule has 4 atom stereocenters. The highest BCUT2D eigenvalue weighted by Crippen LogP contribution is 2.48. The molecule has 144 valence electrons. The molecule has 1 aromatic rings. The molecule has 2 heterocycles. The topological polar surface area (TPSA) is 45.5 Å². The monoisotopic (exact) mass is 365 g/mol. The quantitative estimate of drug-likeness (QED) is 0.655. The molecule has 5 rings (SSSR count). The summed E-state index contributed by atoms with van der Waals surface area (Å²) in [6.07, 6.45) is 10.4. The van der Waals surface area contributed by atoms with E-state index in [2.05, 4.69) is 57.4 Å². The number of nitrogens with one attached hydrogen (secondary N) is 1. The largest absolute Gasteiger partial charge is 0.332 e. The molecule has 5 nitrogen and oxygen atoms in total. The highest BCUT2D eigenvalue weighted by molar-refractivity contribution is 5.78. The normalized spacial score (nSPS) is 33.3. The lowest BCUT2D eigenvalue weighted by atomic mass is 9.91. The lowest BCUT2D eigenvalue weighted by molar-refractivity contribution is 0.108. The van der Waals surface area contributed by atoms with Crippen LogP contribution in [0, 0.1) is 23.3 Å². The van der Waals surface area contributed by atoms with E-state index in [0.29, 0.717) is 6.04 Å². The minimum Gasteiger partial charge on any atom is -0.332 e. The Kier molecular flexibility index (Phi) is 4.40. The van der Waals surface area contributed by atoms with Crippen molar-refractivity contribution < 1.29 is 0 Å². The maximum absolute atomic E-state index is 9.36. The van der Waals surface area contributed by atoms with Gasteiger partial charge in [0.25, 0.3) is 0 Å². The summed E-state index contributed by atoms with van der Waals surface area (Å²) in [5, 5.41) is 12.4. The van der Waals surface area contributed by atoms with E-state index in [4.69, 9.17) is 0 Å². The van der Waals surface area contributed by atoms with Crippen molar-refractivity contribution in [2.75, 3.05) is 29.4 Å². The number of hydrogen-bond donors (Lipinski definition) is 1. The molecule has 2 saturated carbocycles. The number of benzene rings is 1. The lowest BCUT2D eigenvalue weighted by Gasteiger charge is -2.44. The Morgan fingerprint density at radius 2 is 1.85 bits per heavy atom. The second kappa shape index (κ2) is 6.91. The number of piperidine rings is 1. The standard InChI is InChI=1S/C22H31N5/c1-2-26-19-5-3-4-6-20(19)27(22(26)24-15-23)18-9-11-25(12-10-18)21-14-16-7-8-17(21)13-16/h3-6,16-18,21-22,24H,2,7-14H2,1H3. The summed E-state index contributed by atoms with van der Waals surface area (Å²) in [5.41, 5.74) is 2.54. The second-order valence-electron chi connectivity index (χ2n) is 8.82. The number of nitrogens with zero attached hydrogens (tertiary/aromatic N) is 4. The van der Waals surface area contributed by atoms with Crippen LogP contribution in [0.15, 0.2) is 24.3 Å². The Balaban J connectivity index is 1.33. The molecule has 0 amide bonds. The summed E-state index contributed by atoms with van der Waals surface area (Å²) in [6.45, 7) is 5.49. The van der Waals surface area contributed by atoms with Crippen LogP contribution >= 0.6 is 0 Å². The molecule has 2 aliphatic carbocycles. The predicted molar refractivity (Wildman–Crippen MR) is 108 cm³/mol. The smallest absolute Gasteiger partial charge is 0.187 e. The first kappa shape index (κ1) is 17.2. The van der Waals surface area contributed by atoms with E-state index in [1.54, 1.807) is 0 Å². The highest BCUT2D eigenvalue weighted by atomic mass is 15.5. The third kappa shape index (κ3) is 2.77. The molecule has 4 aliphatic rings. The Bertz CT molecular complexity index is 720. The molecule has 1 N–H and O–H groups in total. The highest BCUT2D eigenvalue weighted by Gasteiger charge is 2.45. The van der Waals surface area contributed by atoms with Crippen LogP contribution in [0.4, 0.5) is 11.4 Å². The van der Waals surface area contributed by atoms with Crippen molar-refractivity contribution in [2.24, 2.45) is 11.8 Å². The summed E-state index contributed by atoms with van der Waals surface area (Å²) >= 11 is 0. The molecule has 27 heavy (non-hydrogen) atoms. The van der Waals surface area contributed by atoms with Crippen LogP contribution < -0.4 is 15.1 Å². The average Bonchev–Trinajstić information content (AvgIpc) is 3.41. The maximum Gasteiger partial charge on any atom is 0.187 e. The first-order chi connectivity index (χ1) is 13.3. The third-order valence-corrected chi connectivity index (χ3v) is 7.62. The van der Waals surface area contributed by atoms with Crippen molar-refractivity contribution in [1.29, 1.82) is 5.26 Å².